The van der Waals surface area contributed by atoms with Gasteiger partial charge in [0.15, 0.2) is 0 Å². The Bertz CT molecular complexity index is 400. The summed E-state index contributed by atoms with van der Waals surface area (Å²) < 4.78 is 0. The third-order valence-electron chi connectivity index (χ3n) is 3.54. The fraction of sp³-hybridized carbons (Fsp3) is 0.769. The van der Waals surface area contributed by atoms with E-state index in [4.69, 9.17) is 10.8 Å². The summed E-state index contributed by atoms with van der Waals surface area (Å²) in [7, 11) is 3.72. The zero-order chi connectivity index (χ0) is 16.0. The molecule has 120 valence electrons. The van der Waals surface area contributed by atoms with Crippen molar-refractivity contribution in [2.24, 2.45) is 11.7 Å². The number of likely N-dealkylation sites (tertiary alicyclic amines) is 1. The summed E-state index contributed by atoms with van der Waals surface area (Å²) >= 11 is 0. The first-order valence-corrected chi connectivity index (χ1v) is 7.01. The SMILES string of the molecule is CN(C)CCN(CC(=O)O)C(=O)C1CCCN(C(N)=O)C1. The summed E-state index contributed by atoms with van der Waals surface area (Å²) in [5.41, 5.74) is 5.25. The van der Waals surface area contributed by atoms with E-state index in [0.717, 1.165) is 0 Å². The number of likely N-dealkylation sites (N-methyl/N-ethyl adjacent to an activating group) is 1. The molecule has 1 fully saturated rings. The highest BCUT2D eigenvalue weighted by atomic mass is 16.4. The highest BCUT2D eigenvalue weighted by molar-refractivity contribution is 5.84. The number of aliphatic carboxylic acids is 1. The molecule has 1 rings (SSSR count). The maximum absolute atomic E-state index is 12.5. The van der Waals surface area contributed by atoms with Gasteiger partial charge < -0.3 is 25.5 Å². The maximum Gasteiger partial charge on any atom is 0.323 e. The monoisotopic (exact) mass is 300 g/mol. The maximum atomic E-state index is 12.5. The van der Waals surface area contributed by atoms with Crippen LogP contribution in [-0.2, 0) is 9.59 Å². The first-order valence-electron chi connectivity index (χ1n) is 7.01. The number of rotatable bonds is 6. The molecular formula is C13H24N4O4. The van der Waals surface area contributed by atoms with Gasteiger partial charge in [-0.05, 0) is 26.9 Å². The van der Waals surface area contributed by atoms with E-state index in [9.17, 15) is 14.4 Å². The second kappa shape index (κ2) is 7.82. The van der Waals surface area contributed by atoms with Gasteiger partial charge in [-0.2, -0.15) is 0 Å². The number of carbonyl (C=O) groups excluding carboxylic acids is 2. The van der Waals surface area contributed by atoms with Crippen molar-refractivity contribution < 1.29 is 19.5 Å². The highest BCUT2D eigenvalue weighted by Crippen LogP contribution is 2.18. The second-order valence-electron chi connectivity index (χ2n) is 5.58. The Morgan fingerprint density at radius 3 is 2.48 bits per heavy atom. The van der Waals surface area contributed by atoms with Gasteiger partial charge in [0.25, 0.3) is 0 Å². The Kier molecular flexibility index (Phi) is 6.41. The molecule has 1 atom stereocenters. The number of nitrogens with zero attached hydrogens (tertiary/aromatic N) is 3. The minimum Gasteiger partial charge on any atom is -0.480 e. The Balaban J connectivity index is 2.69. The molecule has 0 aromatic carbocycles. The second-order valence-corrected chi connectivity index (χ2v) is 5.58. The quantitative estimate of drug-likeness (QED) is 0.671. The zero-order valence-electron chi connectivity index (χ0n) is 12.6. The molecule has 0 bridgehead atoms. The van der Waals surface area contributed by atoms with Gasteiger partial charge in [-0.3, -0.25) is 9.59 Å². The van der Waals surface area contributed by atoms with Crippen LogP contribution in [0.1, 0.15) is 12.8 Å². The zero-order valence-corrected chi connectivity index (χ0v) is 12.6. The van der Waals surface area contributed by atoms with Gasteiger partial charge in [0, 0.05) is 26.2 Å². The molecule has 1 aliphatic heterocycles. The smallest absolute Gasteiger partial charge is 0.323 e. The van der Waals surface area contributed by atoms with Crippen molar-refractivity contribution >= 4 is 17.9 Å². The number of primary amides is 1. The highest BCUT2D eigenvalue weighted by Gasteiger charge is 2.31. The van der Waals surface area contributed by atoms with Crippen LogP contribution < -0.4 is 5.73 Å². The summed E-state index contributed by atoms with van der Waals surface area (Å²) in [6, 6.07) is -0.537. The van der Waals surface area contributed by atoms with Crippen LogP contribution in [0.2, 0.25) is 0 Å². The van der Waals surface area contributed by atoms with Crippen molar-refractivity contribution in [3.05, 3.63) is 0 Å². The molecule has 1 aliphatic rings. The number of urea groups is 1. The summed E-state index contributed by atoms with van der Waals surface area (Å²) in [6.07, 6.45) is 1.36. The molecule has 0 aromatic heterocycles. The molecular weight excluding hydrogens is 276 g/mol. The molecule has 3 amide bonds. The number of piperidine rings is 1. The van der Waals surface area contributed by atoms with Gasteiger partial charge in [-0.25, -0.2) is 4.79 Å². The third kappa shape index (κ3) is 5.58. The molecule has 0 aliphatic carbocycles. The number of hydrogen-bond acceptors (Lipinski definition) is 4. The Morgan fingerprint density at radius 2 is 1.95 bits per heavy atom. The van der Waals surface area contributed by atoms with Gasteiger partial charge in [-0.15, -0.1) is 0 Å². The van der Waals surface area contributed by atoms with Crippen LogP contribution in [0, 0.1) is 5.92 Å². The molecule has 1 unspecified atom stereocenters. The minimum absolute atomic E-state index is 0.217. The lowest BCUT2D eigenvalue weighted by Gasteiger charge is -2.34. The van der Waals surface area contributed by atoms with E-state index >= 15 is 0 Å². The summed E-state index contributed by atoms with van der Waals surface area (Å²) in [5, 5.41) is 8.94. The van der Waals surface area contributed by atoms with Crippen LogP contribution in [0.3, 0.4) is 0 Å². The number of carbonyl (C=O) groups is 3. The Morgan fingerprint density at radius 1 is 1.29 bits per heavy atom. The van der Waals surface area contributed by atoms with Crippen molar-refractivity contribution in [2.75, 3.05) is 46.8 Å². The molecule has 0 spiro atoms. The average Bonchev–Trinajstić information content (AvgIpc) is 2.42. The van der Waals surface area contributed by atoms with Crippen molar-refractivity contribution in [1.82, 2.24) is 14.7 Å². The molecule has 0 radical (unpaired) electrons. The Labute approximate surface area is 124 Å². The van der Waals surface area contributed by atoms with Gasteiger partial charge in [0.1, 0.15) is 6.54 Å². The standard InChI is InChI=1S/C13H24N4O4/c1-15(2)6-7-16(9-11(18)19)12(20)10-4-3-5-17(8-10)13(14)21/h10H,3-9H2,1-2H3,(H2,14,21)(H,18,19). The first-order chi connectivity index (χ1) is 9.81. The molecule has 0 aromatic rings. The predicted octanol–water partition coefficient (Wildman–Crippen LogP) is -0.748. The number of nitrogens with two attached hydrogens (primary N) is 1. The van der Waals surface area contributed by atoms with Crippen molar-refractivity contribution in [3.8, 4) is 0 Å². The molecule has 21 heavy (non-hydrogen) atoms. The summed E-state index contributed by atoms with van der Waals surface area (Å²) in [4.78, 5) is 39.3. The van der Waals surface area contributed by atoms with E-state index in [1.807, 2.05) is 19.0 Å². The minimum atomic E-state index is -1.04. The topological polar surface area (TPSA) is 107 Å². The van der Waals surface area contributed by atoms with E-state index in [-0.39, 0.29) is 24.9 Å². The van der Waals surface area contributed by atoms with Crippen LogP contribution in [0.4, 0.5) is 4.79 Å². The van der Waals surface area contributed by atoms with Crippen molar-refractivity contribution in [1.29, 1.82) is 0 Å². The van der Waals surface area contributed by atoms with E-state index in [1.165, 1.54) is 9.80 Å². The van der Waals surface area contributed by atoms with E-state index < -0.39 is 12.0 Å². The number of hydrogen-bond donors (Lipinski definition) is 2. The lowest BCUT2D eigenvalue weighted by atomic mass is 9.96. The summed E-state index contributed by atoms with van der Waals surface area (Å²) in [6.45, 7) is 1.44. The van der Waals surface area contributed by atoms with E-state index in [2.05, 4.69) is 0 Å². The van der Waals surface area contributed by atoms with Crippen LogP contribution in [0.5, 0.6) is 0 Å². The van der Waals surface area contributed by atoms with Gasteiger partial charge in [0.05, 0.1) is 5.92 Å². The third-order valence-corrected chi connectivity index (χ3v) is 3.54. The molecule has 8 nitrogen and oxygen atoms in total. The fourth-order valence-electron chi connectivity index (χ4n) is 2.39. The van der Waals surface area contributed by atoms with Gasteiger partial charge in [-0.1, -0.05) is 0 Å². The molecule has 3 N–H and O–H groups in total. The molecule has 8 heteroatoms. The van der Waals surface area contributed by atoms with Gasteiger partial charge in [0.2, 0.25) is 5.91 Å². The van der Waals surface area contributed by atoms with E-state index in [1.54, 1.807) is 0 Å². The molecule has 1 saturated heterocycles. The van der Waals surface area contributed by atoms with Crippen LogP contribution in [0.25, 0.3) is 0 Å². The lowest BCUT2D eigenvalue weighted by molar-refractivity contribution is -0.147. The number of carboxylic acid groups (broad SMARTS) is 1. The predicted molar refractivity (Wildman–Crippen MR) is 76.7 cm³/mol. The Hall–Kier alpha value is -1.83. The molecule has 0 saturated carbocycles. The molecule has 1 heterocycles. The largest absolute Gasteiger partial charge is 0.480 e. The van der Waals surface area contributed by atoms with E-state index in [0.29, 0.717) is 32.5 Å². The van der Waals surface area contributed by atoms with Crippen LogP contribution in [-0.4, -0.2) is 84.5 Å². The normalized spacial score (nSPS) is 18.6. The average molecular weight is 300 g/mol. The summed E-state index contributed by atoms with van der Waals surface area (Å²) in [5.74, 6) is -1.62. The van der Waals surface area contributed by atoms with Gasteiger partial charge >= 0.3 is 12.0 Å². The number of amides is 3. The number of carboxylic acids is 1. The van der Waals surface area contributed by atoms with Crippen molar-refractivity contribution in [2.45, 2.75) is 12.8 Å². The van der Waals surface area contributed by atoms with Crippen molar-refractivity contribution in [3.63, 3.8) is 0 Å². The van der Waals surface area contributed by atoms with Crippen LogP contribution >= 0.6 is 0 Å². The van der Waals surface area contributed by atoms with Crippen LogP contribution in [0.15, 0.2) is 0 Å². The lowest BCUT2D eigenvalue weighted by Crippen LogP contribution is -2.50. The first kappa shape index (κ1) is 17.2. The fourth-order valence-corrected chi connectivity index (χ4v) is 2.39.